The van der Waals surface area contributed by atoms with Crippen molar-refractivity contribution in [1.82, 2.24) is 0 Å². The lowest BCUT2D eigenvalue weighted by Crippen LogP contribution is -2.08. The van der Waals surface area contributed by atoms with Crippen molar-refractivity contribution < 1.29 is 18.7 Å². The molecule has 0 radical (unpaired) electrons. The van der Waals surface area contributed by atoms with Crippen LogP contribution in [0.3, 0.4) is 0 Å². The van der Waals surface area contributed by atoms with E-state index in [1.165, 1.54) is 24.3 Å². The van der Waals surface area contributed by atoms with Gasteiger partial charge < -0.3 is 5.11 Å². The highest BCUT2D eigenvalue weighted by atomic mass is 19.1. The molecule has 0 spiro atoms. The molecule has 19 heavy (non-hydrogen) atoms. The maximum absolute atomic E-state index is 13.2. The summed E-state index contributed by atoms with van der Waals surface area (Å²) in [5.41, 5.74) is 1.66. The summed E-state index contributed by atoms with van der Waals surface area (Å²) in [5, 5.41) is 10.9. The maximum Gasteiger partial charge on any atom is 0.409 e. The van der Waals surface area contributed by atoms with Crippen molar-refractivity contribution in [3.8, 4) is 11.1 Å². The van der Waals surface area contributed by atoms with Crippen LogP contribution in [-0.2, 0) is 0 Å². The standard InChI is InChI=1S/C14H11F2NO2/c1-8-6-9(2-5-12(8)16)11-4-3-10(15)7-13(11)17-14(18)19/h2-7,17H,1H3,(H,18,19). The smallest absolute Gasteiger partial charge is 0.409 e. The number of hydrogen-bond acceptors (Lipinski definition) is 1. The molecular formula is C14H11F2NO2. The van der Waals surface area contributed by atoms with Gasteiger partial charge in [0.05, 0.1) is 5.69 Å². The topological polar surface area (TPSA) is 49.3 Å². The minimum atomic E-state index is -1.29. The highest BCUT2D eigenvalue weighted by Crippen LogP contribution is 2.30. The molecule has 0 fully saturated rings. The Balaban J connectivity index is 2.54. The Hall–Kier alpha value is -2.43. The number of benzene rings is 2. The van der Waals surface area contributed by atoms with Crippen molar-refractivity contribution in [2.24, 2.45) is 0 Å². The van der Waals surface area contributed by atoms with Gasteiger partial charge >= 0.3 is 6.09 Å². The molecule has 1 amide bonds. The third-order valence-corrected chi connectivity index (χ3v) is 2.69. The molecule has 2 aromatic carbocycles. The Kier molecular flexibility index (Phi) is 3.46. The van der Waals surface area contributed by atoms with E-state index >= 15 is 0 Å². The van der Waals surface area contributed by atoms with Gasteiger partial charge in [0.1, 0.15) is 11.6 Å². The van der Waals surface area contributed by atoms with Gasteiger partial charge in [0.25, 0.3) is 0 Å². The van der Waals surface area contributed by atoms with Gasteiger partial charge in [-0.2, -0.15) is 0 Å². The van der Waals surface area contributed by atoms with Crippen LogP contribution in [0, 0.1) is 18.6 Å². The fourth-order valence-electron chi connectivity index (χ4n) is 1.80. The van der Waals surface area contributed by atoms with E-state index < -0.39 is 11.9 Å². The van der Waals surface area contributed by atoms with Gasteiger partial charge in [-0.1, -0.05) is 6.07 Å². The van der Waals surface area contributed by atoms with Gasteiger partial charge in [-0.25, -0.2) is 13.6 Å². The molecule has 0 aliphatic carbocycles. The lowest BCUT2D eigenvalue weighted by atomic mass is 10.0. The summed E-state index contributed by atoms with van der Waals surface area (Å²) >= 11 is 0. The zero-order valence-corrected chi connectivity index (χ0v) is 10.1. The summed E-state index contributed by atoms with van der Waals surface area (Å²) in [4.78, 5) is 10.7. The number of carbonyl (C=O) groups is 1. The number of aryl methyl sites for hydroxylation is 1. The summed E-state index contributed by atoms with van der Waals surface area (Å²) in [6, 6.07) is 8.15. The predicted molar refractivity (Wildman–Crippen MR) is 68.2 cm³/mol. The van der Waals surface area contributed by atoms with Gasteiger partial charge in [-0.15, -0.1) is 0 Å². The molecule has 2 aromatic rings. The average molecular weight is 263 g/mol. The average Bonchev–Trinajstić information content (AvgIpc) is 2.32. The van der Waals surface area contributed by atoms with Crippen molar-refractivity contribution in [3.05, 3.63) is 53.6 Å². The predicted octanol–water partition coefficient (Wildman–Crippen LogP) is 4.03. The van der Waals surface area contributed by atoms with Crippen molar-refractivity contribution >= 4 is 11.8 Å². The number of hydrogen-bond donors (Lipinski definition) is 2. The summed E-state index contributed by atoms with van der Waals surface area (Å²) in [6.45, 7) is 1.60. The second kappa shape index (κ2) is 5.06. The lowest BCUT2D eigenvalue weighted by molar-refractivity contribution is 0.210. The van der Waals surface area contributed by atoms with E-state index in [0.717, 1.165) is 6.07 Å². The number of amides is 1. The van der Waals surface area contributed by atoms with Crippen LogP contribution in [0.15, 0.2) is 36.4 Å². The molecule has 3 nitrogen and oxygen atoms in total. The Morgan fingerprint density at radius 2 is 1.89 bits per heavy atom. The first kappa shape index (κ1) is 13.0. The van der Waals surface area contributed by atoms with E-state index in [-0.39, 0.29) is 11.5 Å². The van der Waals surface area contributed by atoms with Crippen LogP contribution < -0.4 is 5.32 Å². The first-order valence-corrected chi connectivity index (χ1v) is 5.53. The molecule has 98 valence electrons. The van der Waals surface area contributed by atoms with Gasteiger partial charge in [0.2, 0.25) is 0 Å². The zero-order chi connectivity index (χ0) is 14.0. The van der Waals surface area contributed by atoms with Crippen LogP contribution in [0.2, 0.25) is 0 Å². The first-order chi connectivity index (χ1) is 8.97. The molecule has 0 aliphatic rings. The molecule has 2 rings (SSSR count). The van der Waals surface area contributed by atoms with Crippen LogP contribution in [-0.4, -0.2) is 11.2 Å². The van der Waals surface area contributed by atoms with Crippen LogP contribution in [0.1, 0.15) is 5.56 Å². The fourth-order valence-corrected chi connectivity index (χ4v) is 1.80. The number of nitrogens with one attached hydrogen (secondary N) is 1. The highest BCUT2D eigenvalue weighted by Gasteiger charge is 2.10. The summed E-state index contributed by atoms with van der Waals surface area (Å²) in [6.07, 6.45) is -1.29. The molecular weight excluding hydrogens is 252 g/mol. The van der Waals surface area contributed by atoms with Crippen molar-refractivity contribution in [2.45, 2.75) is 6.92 Å². The Bertz CT molecular complexity index is 641. The van der Waals surface area contributed by atoms with E-state index in [1.807, 2.05) is 0 Å². The summed E-state index contributed by atoms with van der Waals surface area (Å²) in [7, 11) is 0. The zero-order valence-electron chi connectivity index (χ0n) is 10.1. The lowest BCUT2D eigenvalue weighted by Gasteiger charge is -2.10. The molecule has 0 aromatic heterocycles. The van der Waals surface area contributed by atoms with E-state index in [2.05, 4.69) is 5.32 Å². The SMILES string of the molecule is Cc1cc(-c2ccc(F)cc2NC(=O)O)ccc1F. The van der Waals surface area contributed by atoms with Crippen molar-refractivity contribution in [2.75, 3.05) is 5.32 Å². The van der Waals surface area contributed by atoms with Gasteiger partial charge in [-0.3, -0.25) is 5.32 Å². The second-order valence-corrected chi connectivity index (χ2v) is 4.08. The van der Waals surface area contributed by atoms with Crippen molar-refractivity contribution in [1.29, 1.82) is 0 Å². The van der Waals surface area contributed by atoms with E-state index in [4.69, 9.17) is 5.11 Å². The van der Waals surface area contributed by atoms with Gasteiger partial charge in [0, 0.05) is 5.56 Å². The normalized spacial score (nSPS) is 10.3. The largest absolute Gasteiger partial charge is 0.465 e. The Morgan fingerprint density at radius 3 is 2.53 bits per heavy atom. The monoisotopic (exact) mass is 263 g/mol. The molecule has 0 saturated heterocycles. The molecule has 0 heterocycles. The number of carboxylic acid groups (broad SMARTS) is 1. The third-order valence-electron chi connectivity index (χ3n) is 2.69. The van der Waals surface area contributed by atoms with E-state index in [9.17, 15) is 13.6 Å². The van der Waals surface area contributed by atoms with Crippen LogP contribution >= 0.6 is 0 Å². The highest BCUT2D eigenvalue weighted by molar-refractivity contribution is 5.90. The molecule has 0 atom stereocenters. The number of rotatable bonds is 2. The van der Waals surface area contributed by atoms with Crippen LogP contribution in [0.5, 0.6) is 0 Å². The fraction of sp³-hybridized carbons (Fsp3) is 0.0714. The Labute approximate surface area is 108 Å². The molecule has 0 unspecified atom stereocenters. The summed E-state index contributed by atoms with van der Waals surface area (Å²) in [5.74, 6) is -0.898. The Morgan fingerprint density at radius 1 is 1.16 bits per heavy atom. The minimum Gasteiger partial charge on any atom is -0.465 e. The van der Waals surface area contributed by atoms with Crippen LogP contribution in [0.25, 0.3) is 11.1 Å². The molecule has 2 N–H and O–H groups in total. The molecule has 0 bridgehead atoms. The van der Waals surface area contributed by atoms with Gasteiger partial charge in [-0.05, 0) is 48.4 Å². The van der Waals surface area contributed by atoms with Gasteiger partial charge in [0.15, 0.2) is 0 Å². The van der Waals surface area contributed by atoms with Crippen molar-refractivity contribution in [3.63, 3.8) is 0 Å². The van der Waals surface area contributed by atoms with E-state index in [0.29, 0.717) is 16.7 Å². The van der Waals surface area contributed by atoms with Crippen LogP contribution in [0.4, 0.5) is 19.3 Å². The molecule has 5 heteroatoms. The molecule has 0 saturated carbocycles. The third kappa shape index (κ3) is 2.88. The molecule has 0 aliphatic heterocycles. The first-order valence-electron chi connectivity index (χ1n) is 5.53. The second-order valence-electron chi connectivity index (χ2n) is 4.08. The number of halogens is 2. The minimum absolute atomic E-state index is 0.124. The van der Waals surface area contributed by atoms with E-state index in [1.54, 1.807) is 13.0 Å². The quantitative estimate of drug-likeness (QED) is 0.859. The summed E-state index contributed by atoms with van der Waals surface area (Å²) < 4.78 is 26.4. The maximum atomic E-state index is 13.2. The number of anilines is 1.